The van der Waals surface area contributed by atoms with E-state index in [1.165, 1.54) is 11.1 Å². The number of ether oxygens (including phenoxy) is 1. The molecule has 1 aliphatic carbocycles. The summed E-state index contributed by atoms with van der Waals surface area (Å²) in [5.74, 6) is -0.170. The van der Waals surface area contributed by atoms with Crippen LogP contribution in [0.25, 0.3) is 0 Å². The van der Waals surface area contributed by atoms with Crippen molar-refractivity contribution in [1.29, 1.82) is 0 Å². The Morgan fingerprint density at radius 1 is 1.00 bits per heavy atom. The van der Waals surface area contributed by atoms with Crippen molar-refractivity contribution < 1.29 is 18.7 Å². The Bertz CT molecular complexity index is 1010. The fourth-order valence-corrected chi connectivity index (χ4v) is 3.47. The highest BCUT2D eigenvalue weighted by atomic mass is 16.5. The van der Waals surface area contributed by atoms with Crippen LogP contribution in [-0.2, 0) is 28.9 Å². The molecule has 0 fully saturated rings. The second-order valence-corrected chi connectivity index (χ2v) is 6.94. The van der Waals surface area contributed by atoms with E-state index in [0.717, 1.165) is 30.7 Å². The van der Waals surface area contributed by atoms with E-state index in [9.17, 15) is 9.59 Å². The molecular weight excluding hydrogens is 368 g/mol. The molecule has 1 amide bonds. The summed E-state index contributed by atoms with van der Waals surface area (Å²) in [5, 5.41) is 5.95. The molecule has 1 aromatic heterocycles. The molecule has 1 heterocycles. The van der Waals surface area contributed by atoms with Crippen molar-refractivity contribution in [3.8, 4) is 0 Å². The molecule has 0 radical (unpaired) electrons. The Kier molecular flexibility index (Phi) is 5.61. The highest BCUT2D eigenvalue weighted by molar-refractivity contribution is 5.98. The first-order valence-electron chi connectivity index (χ1n) is 9.63. The Balaban J connectivity index is 1.33. The summed E-state index contributed by atoms with van der Waals surface area (Å²) in [4.78, 5) is 24.7. The van der Waals surface area contributed by atoms with Crippen molar-refractivity contribution >= 4 is 23.3 Å². The zero-order chi connectivity index (χ0) is 20.1. The number of esters is 1. The SMILES string of the molecule is O=C(COC(=O)c1ccccc1NCc1ccco1)Nc1ccc2c(c1)CCC2. The fraction of sp³-hybridized carbons (Fsp3) is 0.217. The lowest BCUT2D eigenvalue weighted by molar-refractivity contribution is -0.119. The van der Waals surface area contributed by atoms with Gasteiger partial charge < -0.3 is 19.8 Å². The molecule has 3 aromatic rings. The molecule has 29 heavy (non-hydrogen) atoms. The molecule has 2 N–H and O–H groups in total. The van der Waals surface area contributed by atoms with Crippen molar-refractivity contribution in [3.63, 3.8) is 0 Å². The lowest BCUT2D eigenvalue weighted by atomic mass is 10.1. The van der Waals surface area contributed by atoms with Gasteiger partial charge in [-0.05, 0) is 66.8 Å². The van der Waals surface area contributed by atoms with Gasteiger partial charge in [0.15, 0.2) is 6.61 Å². The van der Waals surface area contributed by atoms with Gasteiger partial charge in [0.25, 0.3) is 5.91 Å². The lowest BCUT2D eigenvalue weighted by Crippen LogP contribution is -2.21. The number of hydrogen-bond acceptors (Lipinski definition) is 5. The van der Waals surface area contributed by atoms with E-state index in [1.807, 2.05) is 30.3 Å². The number of hydrogen-bond donors (Lipinski definition) is 2. The van der Waals surface area contributed by atoms with Crippen LogP contribution >= 0.6 is 0 Å². The third-order valence-electron chi connectivity index (χ3n) is 4.90. The van der Waals surface area contributed by atoms with Gasteiger partial charge in [0, 0.05) is 11.4 Å². The first-order valence-corrected chi connectivity index (χ1v) is 9.63. The van der Waals surface area contributed by atoms with Crippen LogP contribution in [0, 0.1) is 0 Å². The number of carbonyl (C=O) groups excluding carboxylic acids is 2. The van der Waals surface area contributed by atoms with Crippen LogP contribution in [0.5, 0.6) is 0 Å². The largest absolute Gasteiger partial charge is 0.467 e. The van der Waals surface area contributed by atoms with E-state index in [0.29, 0.717) is 17.8 Å². The summed E-state index contributed by atoms with van der Waals surface area (Å²) < 4.78 is 10.5. The normalized spacial score (nSPS) is 12.3. The average Bonchev–Trinajstić information content (AvgIpc) is 3.42. The van der Waals surface area contributed by atoms with Crippen LogP contribution in [-0.4, -0.2) is 18.5 Å². The van der Waals surface area contributed by atoms with Crippen LogP contribution in [0.4, 0.5) is 11.4 Å². The maximum atomic E-state index is 12.5. The van der Waals surface area contributed by atoms with Crippen LogP contribution in [0.3, 0.4) is 0 Å². The molecule has 0 aliphatic heterocycles. The number of anilines is 2. The van der Waals surface area contributed by atoms with Gasteiger partial charge in [-0.25, -0.2) is 4.79 Å². The van der Waals surface area contributed by atoms with E-state index in [2.05, 4.69) is 10.6 Å². The van der Waals surface area contributed by atoms with Crippen molar-refractivity contribution in [2.45, 2.75) is 25.8 Å². The summed E-state index contributed by atoms with van der Waals surface area (Å²) in [5.41, 5.74) is 4.33. The van der Waals surface area contributed by atoms with Crippen LogP contribution in [0.2, 0.25) is 0 Å². The van der Waals surface area contributed by atoms with Crippen molar-refractivity contribution in [2.24, 2.45) is 0 Å². The van der Waals surface area contributed by atoms with Gasteiger partial charge in [0.2, 0.25) is 0 Å². The summed E-state index contributed by atoms with van der Waals surface area (Å²) in [6.07, 6.45) is 4.87. The molecule has 0 unspecified atom stereocenters. The molecule has 6 heteroatoms. The summed E-state index contributed by atoms with van der Waals surface area (Å²) in [7, 11) is 0. The molecular formula is C23H22N2O4. The number of para-hydroxylation sites is 1. The smallest absolute Gasteiger partial charge is 0.340 e. The van der Waals surface area contributed by atoms with Gasteiger partial charge in [-0.15, -0.1) is 0 Å². The summed E-state index contributed by atoms with van der Waals surface area (Å²) >= 11 is 0. The Hall–Kier alpha value is -3.54. The van der Waals surface area contributed by atoms with Gasteiger partial charge in [-0.1, -0.05) is 18.2 Å². The lowest BCUT2D eigenvalue weighted by Gasteiger charge is -2.11. The van der Waals surface area contributed by atoms with E-state index < -0.39 is 5.97 Å². The van der Waals surface area contributed by atoms with E-state index >= 15 is 0 Å². The molecule has 2 aromatic carbocycles. The summed E-state index contributed by atoms with van der Waals surface area (Å²) in [6.45, 7) is 0.0958. The third kappa shape index (κ3) is 4.66. The number of rotatable bonds is 7. The van der Waals surface area contributed by atoms with Crippen LogP contribution in [0.15, 0.2) is 65.3 Å². The quantitative estimate of drug-likeness (QED) is 0.592. The molecule has 4 rings (SSSR count). The predicted molar refractivity (Wildman–Crippen MR) is 110 cm³/mol. The third-order valence-corrected chi connectivity index (χ3v) is 4.90. The number of amides is 1. The molecule has 0 atom stereocenters. The number of carbonyl (C=O) groups is 2. The van der Waals surface area contributed by atoms with Crippen molar-refractivity contribution in [3.05, 3.63) is 83.3 Å². The van der Waals surface area contributed by atoms with Gasteiger partial charge in [-0.3, -0.25) is 4.79 Å². The zero-order valence-corrected chi connectivity index (χ0v) is 15.9. The Morgan fingerprint density at radius 3 is 2.72 bits per heavy atom. The topological polar surface area (TPSA) is 80.6 Å². The second-order valence-electron chi connectivity index (χ2n) is 6.94. The number of nitrogens with one attached hydrogen (secondary N) is 2. The highest BCUT2D eigenvalue weighted by Crippen LogP contribution is 2.25. The average molecular weight is 390 g/mol. The minimum absolute atomic E-state index is 0.345. The van der Waals surface area contributed by atoms with E-state index in [1.54, 1.807) is 30.5 Å². The Morgan fingerprint density at radius 2 is 1.86 bits per heavy atom. The molecule has 6 nitrogen and oxygen atoms in total. The monoisotopic (exact) mass is 390 g/mol. The highest BCUT2D eigenvalue weighted by Gasteiger charge is 2.16. The molecule has 0 saturated heterocycles. The standard InChI is InChI=1S/C23H22N2O4/c26-22(25-18-11-10-16-5-3-6-17(16)13-18)15-29-23(27)20-8-1-2-9-21(20)24-14-19-7-4-12-28-19/h1-2,4,7-13,24H,3,5-6,14-15H2,(H,25,26). The number of furan rings is 1. The first-order chi connectivity index (χ1) is 14.2. The molecule has 0 saturated carbocycles. The number of fused-ring (bicyclic) bond motifs is 1. The second kappa shape index (κ2) is 8.65. The molecule has 0 spiro atoms. The van der Waals surface area contributed by atoms with Gasteiger partial charge in [0.1, 0.15) is 5.76 Å². The maximum Gasteiger partial charge on any atom is 0.340 e. The predicted octanol–water partition coefficient (Wildman–Crippen LogP) is 4.18. The zero-order valence-electron chi connectivity index (χ0n) is 15.9. The van der Waals surface area contributed by atoms with E-state index in [4.69, 9.17) is 9.15 Å². The minimum Gasteiger partial charge on any atom is -0.467 e. The van der Waals surface area contributed by atoms with Gasteiger partial charge in [-0.2, -0.15) is 0 Å². The first kappa shape index (κ1) is 18.8. The molecule has 0 bridgehead atoms. The fourth-order valence-electron chi connectivity index (χ4n) is 3.47. The van der Waals surface area contributed by atoms with Gasteiger partial charge in [0.05, 0.1) is 18.4 Å². The minimum atomic E-state index is -0.559. The summed E-state index contributed by atoms with van der Waals surface area (Å²) in [6, 6.07) is 16.6. The molecule has 148 valence electrons. The Labute approximate surface area is 168 Å². The van der Waals surface area contributed by atoms with Gasteiger partial charge >= 0.3 is 5.97 Å². The van der Waals surface area contributed by atoms with Crippen molar-refractivity contribution in [1.82, 2.24) is 0 Å². The van der Waals surface area contributed by atoms with E-state index in [-0.39, 0.29) is 12.5 Å². The number of benzene rings is 2. The maximum absolute atomic E-state index is 12.5. The molecule has 1 aliphatic rings. The van der Waals surface area contributed by atoms with Crippen LogP contribution in [0.1, 0.15) is 33.7 Å². The number of aryl methyl sites for hydroxylation is 2. The van der Waals surface area contributed by atoms with Crippen LogP contribution < -0.4 is 10.6 Å². The van der Waals surface area contributed by atoms with Crippen molar-refractivity contribution in [2.75, 3.05) is 17.2 Å².